The molecule has 0 aliphatic carbocycles. The van der Waals surface area contributed by atoms with Gasteiger partial charge in [0, 0.05) is 10.7 Å². The molecule has 0 N–H and O–H groups in total. The molecular formula is C17H15ClN2O. The predicted molar refractivity (Wildman–Crippen MR) is 86.5 cm³/mol. The molecule has 2 aromatic carbocycles. The van der Waals surface area contributed by atoms with Gasteiger partial charge in [-0.15, -0.1) is 0 Å². The molecule has 21 heavy (non-hydrogen) atoms. The van der Waals surface area contributed by atoms with Crippen LogP contribution in [-0.2, 0) is 11.3 Å². The Kier molecular flexibility index (Phi) is 3.76. The van der Waals surface area contributed by atoms with Gasteiger partial charge < -0.3 is 4.90 Å². The van der Waals surface area contributed by atoms with Crippen LogP contribution in [0.1, 0.15) is 18.9 Å². The normalized spacial score (nSPS) is 14.5. The molecule has 4 heteroatoms. The maximum absolute atomic E-state index is 12.5. The van der Waals surface area contributed by atoms with E-state index in [9.17, 15) is 4.79 Å². The molecule has 1 amide bonds. The monoisotopic (exact) mass is 298 g/mol. The van der Waals surface area contributed by atoms with Crippen LogP contribution >= 0.6 is 11.6 Å². The SMILES string of the molecule is CC1=Nc2ccc(Cl)cc2N(Cc2ccccc2)C(=O)C1. The van der Waals surface area contributed by atoms with Crippen molar-refractivity contribution in [2.45, 2.75) is 19.9 Å². The molecule has 0 fully saturated rings. The first-order valence-electron chi connectivity index (χ1n) is 6.81. The van der Waals surface area contributed by atoms with E-state index in [4.69, 9.17) is 11.6 Å². The number of halogens is 1. The number of carbonyl (C=O) groups is 1. The lowest BCUT2D eigenvalue weighted by molar-refractivity contribution is -0.117. The van der Waals surface area contributed by atoms with Crippen molar-refractivity contribution in [2.24, 2.45) is 4.99 Å². The number of nitrogens with zero attached hydrogens (tertiary/aromatic N) is 2. The average molecular weight is 299 g/mol. The van der Waals surface area contributed by atoms with Crippen molar-refractivity contribution in [3.63, 3.8) is 0 Å². The Bertz CT molecular complexity index is 710. The molecule has 1 aliphatic heterocycles. The van der Waals surface area contributed by atoms with Crippen LogP contribution in [0.25, 0.3) is 0 Å². The summed E-state index contributed by atoms with van der Waals surface area (Å²) in [7, 11) is 0. The zero-order valence-electron chi connectivity index (χ0n) is 11.7. The van der Waals surface area contributed by atoms with Crippen molar-refractivity contribution in [1.82, 2.24) is 0 Å². The van der Waals surface area contributed by atoms with Gasteiger partial charge in [0.15, 0.2) is 0 Å². The van der Waals surface area contributed by atoms with E-state index in [1.807, 2.05) is 43.3 Å². The third-order valence-electron chi connectivity index (χ3n) is 3.43. The Morgan fingerprint density at radius 3 is 2.71 bits per heavy atom. The van der Waals surface area contributed by atoms with E-state index in [2.05, 4.69) is 4.99 Å². The molecule has 3 nitrogen and oxygen atoms in total. The Balaban J connectivity index is 2.04. The summed E-state index contributed by atoms with van der Waals surface area (Å²) in [5.74, 6) is 0.0427. The fourth-order valence-electron chi connectivity index (χ4n) is 2.44. The second kappa shape index (κ2) is 5.70. The summed E-state index contributed by atoms with van der Waals surface area (Å²) in [4.78, 5) is 18.8. The maximum Gasteiger partial charge on any atom is 0.233 e. The molecule has 0 saturated carbocycles. The molecule has 0 spiro atoms. The standard InChI is InChI=1S/C17H15ClN2O/c1-12-9-17(21)20(11-13-5-3-2-4-6-13)16-10-14(18)7-8-15(16)19-12/h2-8,10H,9,11H2,1H3. The van der Waals surface area contributed by atoms with E-state index in [1.54, 1.807) is 17.0 Å². The summed E-state index contributed by atoms with van der Waals surface area (Å²) >= 11 is 6.10. The Morgan fingerprint density at radius 1 is 1.19 bits per heavy atom. The van der Waals surface area contributed by atoms with Gasteiger partial charge in [0.1, 0.15) is 0 Å². The van der Waals surface area contributed by atoms with Gasteiger partial charge in [0.25, 0.3) is 0 Å². The summed E-state index contributed by atoms with van der Waals surface area (Å²) < 4.78 is 0. The first-order chi connectivity index (χ1) is 10.1. The highest BCUT2D eigenvalue weighted by molar-refractivity contribution is 6.31. The van der Waals surface area contributed by atoms with Crippen LogP contribution in [0.5, 0.6) is 0 Å². The molecule has 3 rings (SSSR count). The van der Waals surface area contributed by atoms with Crippen LogP contribution in [0.2, 0.25) is 5.02 Å². The third kappa shape index (κ3) is 2.98. The molecule has 0 radical (unpaired) electrons. The van der Waals surface area contributed by atoms with Crippen molar-refractivity contribution >= 4 is 34.6 Å². The van der Waals surface area contributed by atoms with Crippen LogP contribution in [0.3, 0.4) is 0 Å². The number of hydrogen-bond acceptors (Lipinski definition) is 2. The summed E-state index contributed by atoms with van der Waals surface area (Å²) in [5, 5.41) is 0.606. The fourth-order valence-corrected chi connectivity index (χ4v) is 2.61. The van der Waals surface area contributed by atoms with Crippen molar-refractivity contribution < 1.29 is 4.79 Å². The number of amides is 1. The summed E-state index contributed by atoms with van der Waals surface area (Å²) in [6, 6.07) is 15.4. The van der Waals surface area contributed by atoms with Crippen molar-refractivity contribution in [3.05, 3.63) is 59.1 Å². The lowest BCUT2D eigenvalue weighted by Gasteiger charge is -2.22. The molecule has 0 unspecified atom stereocenters. The number of fused-ring (bicyclic) bond motifs is 1. The van der Waals surface area contributed by atoms with E-state index >= 15 is 0 Å². The summed E-state index contributed by atoms with van der Waals surface area (Å²) in [6.45, 7) is 2.40. The molecule has 1 aliphatic rings. The van der Waals surface area contributed by atoms with Crippen molar-refractivity contribution in [1.29, 1.82) is 0 Å². The van der Waals surface area contributed by atoms with Gasteiger partial charge in [0.05, 0.1) is 24.3 Å². The lowest BCUT2D eigenvalue weighted by Crippen LogP contribution is -2.30. The number of anilines is 1. The third-order valence-corrected chi connectivity index (χ3v) is 3.67. The summed E-state index contributed by atoms with van der Waals surface area (Å²) in [5.41, 5.74) is 3.46. The van der Waals surface area contributed by atoms with E-state index < -0.39 is 0 Å². The van der Waals surface area contributed by atoms with Gasteiger partial charge in [-0.3, -0.25) is 9.79 Å². The fraction of sp³-hybridized carbons (Fsp3) is 0.176. The smallest absolute Gasteiger partial charge is 0.233 e. The highest BCUT2D eigenvalue weighted by Gasteiger charge is 2.23. The van der Waals surface area contributed by atoms with Crippen LogP contribution in [-0.4, -0.2) is 11.6 Å². The molecule has 106 valence electrons. The molecule has 1 heterocycles. The zero-order chi connectivity index (χ0) is 14.8. The molecule has 0 atom stereocenters. The molecule has 0 saturated heterocycles. The highest BCUT2D eigenvalue weighted by atomic mass is 35.5. The van der Waals surface area contributed by atoms with E-state index in [0.29, 0.717) is 18.0 Å². The second-order valence-electron chi connectivity index (χ2n) is 5.12. The van der Waals surface area contributed by atoms with Crippen LogP contribution in [0.4, 0.5) is 11.4 Å². The minimum atomic E-state index is 0.0427. The van der Waals surface area contributed by atoms with Gasteiger partial charge in [-0.05, 0) is 30.7 Å². The van der Waals surface area contributed by atoms with Crippen molar-refractivity contribution in [3.8, 4) is 0 Å². The molecule has 2 aromatic rings. The Labute approximate surface area is 128 Å². The molecule has 0 aromatic heterocycles. The number of benzene rings is 2. The first-order valence-corrected chi connectivity index (χ1v) is 7.19. The van der Waals surface area contributed by atoms with Crippen LogP contribution in [0.15, 0.2) is 53.5 Å². The minimum Gasteiger partial charge on any atom is -0.305 e. The van der Waals surface area contributed by atoms with Gasteiger partial charge >= 0.3 is 0 Å². The lowest BCUT2D eigenvalue weighted by atomic mass is 10.1. The second-order valence-corrected chi connectivity index (χ2v) is 5.56. The van der Waals surface area contributed by atoms with Crippen molar-refractivity contribution in [2.75, 3.05) is 4.90 Å². The quantitative estimate of drug-likeness (QED) is 0.810. The van der Waals surface area contributed by atoms with Crippen LogP contribution in [0, 0.1) is 0 Å². The maximum atomic E-state index is 12.5. The Morgan fingerprint density at radius 2 is 1.95 bits per heavy atom. The molecular weight excluding hydrogens is 284 g/mol. The van der Waals surface area contributed by atoms with E-state index in [0.717, 1.165) is 22.6 Å². The number of hydrogen-bond donors (Lipinski definition) is 0. The van der Waals surface area contributed by atoms with Gasteiger partial charge in [0.2, 0.25) is 5.91 Å². The summed E-state index contributed by atoms with van der Waals surface area (Å²) in [6.07, 6.45) is 0.332. The Hall–Kier alpha value is -2.13. The van der Waals surface area contributed by atoms with Gasteiger partial charge in [-0.25, -0.2) is 0 Å². The number of rotatable bonds is 2. The highest BCUT2D eigenvalue weighted by Crippen LogP contribution is 2.35. The zero-order valence-corrected chi connectivity index (χ0v) is 12.5. The molecule has 0 bridgehead atoms. The largest absolute Gasteiger partial charge is 0.305 e. The van der Waals surface area contributed by atoms with E-state index in [-0.39, 0.29) is 5.91 Å². The predicted octanol–water partition coefficient (Wildman–Crippen LogP) is 4.37. The van der Waals surface area contributed by atoms with Crippen LogP contribution < -0.4 is 4.90 Å². The van der Waals surface area contributed by atoms with Gasteiger partial charge in [-0.1, -0.05) is 41.9 Å². The average Bonchev–Trinajstić information content (AvgIpc) is 2.58. The topological polar surface area (TPSA) is 32.7 Å². The number of carbonyl (C=O) groups excluding carboxylic acids is 1. The van der Waals surface area contributed by atoms with E-state index in [1.165, 1.54) is 0 Å². The first kappa shape index (κ1) is 13.8. The number of aliphatic imine (C=N–C) groups is 1. The van der Waals surface area contributed by atoms with Gasteiger partial charge in [-0.2, -0.15) is 0 Å². The minimum absolute atomic E-state index is 0.0427.